The van der Waals surface area contributed by atoms with Gasteiger partial charge in [0.25, 0.3) is 0 Å². The molecule has 21 heteroatoms. The lowest BCUT2D eigenvalue weighted by atomic mass is 9.78. The van der Waals surface area contributed by atoms with Crippen LogP contribution in [0.5, 0.6) is 0 Å². The van der Waals surface area contributed by atoms with E-state index in [4.69, 9.17) is 34.4 Å². The van der Waals surface area contributed by atoms with Crippen molar-refractivity contribution in [1.29, 1.82) is 0 Å². The van der Waals surface area contributed by atoms with E-state index in [0.717, 1.165) is 52.5 Å². The summed E-state index contributed by atoms with van der Waals surface area (Å²) in [5.41, 5.74) is 2.89. The molecule has 0 radical (unpaired) electrons. The predicted octanol–water partition coefficient (Wildman–Crippen LogP) is 3.83. The van der Waals surface area contributed by atoms with Crippen LogP contribution in [0.4, 0.5) is 39.5 Å². The Balaban J connectivity index is 0.000000430. The van der Waals surface area contributed by atoms with Crippen molar-refractivity contribution >= 4 is 17.9 Å². The number of pyridine rings is 1. The monoisotopic (exact) mass is 697 g/mol. The van der Waals surface area contributed by atoms with Crippen LogP contribution in [0.3, 0.4) is 0 Å². The smallest absolute Gasteiger partial charge is 0.475 e. The van der Waals surface area contributed by atoms with E-state index in [0.29, 0.717) is 5.41 Å². The fourth-order valence-corrected chi connectivity index (χ4v) is 4.27. The van der Waals surface area contributed by atoms with Gasteiger partial charge in [0.15, 0.2) is 0 Å². The molecule has 4 heterocycles. The van der Waals surface area contributed by atoms with Crippen molar-refractivity contribution in [3.8, 4) is 0 Å². The van der Waals surface area contributed by atoms with Gasteiger partial charge in [0.2, 0.25) is 0 Å². The first-order chi connectivity index (χ1) is 21.5. The summed E-state index contributed by atoms with van der Waals surface area (Å²) in [4.78, 5) is 36.1. The minimum Gasteiger partial charge on any atom is -0.475 e. The van der Waals surface area contributed by atoms with Gasteiger partial charge in [-0.1, -0.05) is 6.07 Å². The normalized spacial score (nSPS) is 17.1. The Kier molecular flexibility index (Phi) is 15.5. The van der Waals surface area contributed by atoms with E-state index in [9.17, 15) is 39.5 Å². The van der Waals surface area contributed by atoms with Gasteiger partial charge < -0.3 is 20.1 Å². The maximum absolute atomic E-state index is 10.6. The molecule has 0 aromatic carbocycles. The number of nitrogens with zero attached hydrogens (tertiary/aromatic N) is 5. The summed E-state index contributed by atoms with van der Waals surface area (Å²) in [6, 6.07) is 4.19. The molecular formula is C26H32F9N5O7. The average molecular weight is 698 g/mol. The molecule has 3 N–H and O–H groups in total. The second kappa shape index (κ2) is 17.8. The zero-order valence-corrected chi connectivity index (χ0v) is 24.6. The minimum atomic E-state index is -5.08. The number of piperidine rings is 1. The Bertz CT molecular complexity index is 1210. The van der Waals surface area contributed by atoms with Crippen LogP contribution in [0.25, 0.3) is 0 Å². The Morgan fingerprint density at radius 1 is 0.809 bits per heavy atom. The Morgan fingerprint density at radius 2 is 1.30 bits per heavy atom. The minimum absolute atomic E-state index is 0.296. The molecule has 2 aromatic rings. The standard InChI is InChI=1S/C20H29N5O.3C2HF3O2/c1-23-13-19(12-22-23)15-24-7-4-20(5-8-24)16-25(9-10-26-17-20)14-18-3-2-6-21-11-18;3*3-2(4,5)1(6)7/h2-3,6,11-13H,4-5,7-10,14-17H2,1H3;3*(H,6,7). The number of carboxylic acids is 3. The third-order valence-corrected chi connectivity index (χ3v) is 6.46. The third kappa shape index (κ3) is 16.4. The lowest BCUT2D eigenvalue weighted by Crippen LogP contribution is -2.46. The van der Waals surface area contributed by atoms with E-state index in [1.54, 1.807) is 0 Å². The summed E-state index contributed by atoms with van der Waals surface area (Å²) in [7, 11) is 1.98. The van der Waals surface area contributed by atoms with Gasteiger partial charge in [-0.3, -0.25) is 19.5 Å². The van der Waals surface area contributed by atoms with Gasteiger partial charge in [-0.2, -0.15) is 44.6 Å². The molecule has 0 amide bonds. The molecule has 1 spiro atoms. The van der Waals surface area contributed by atoms with Crippen molar-refractivity contribution in [2.45, 2.75) is 44.5 Å². The number of aromatic nitrogens is 3. The number of aliphatic carboxylic acids is 3. The maximum Gasteiger partial charge on any atom is 0.490 e. The van der Waals surface area contributed by atoms with Gasteiger partial charge in [0, 0.05) is 62.8 Å². The van der Waals surface area contributed by atoms with Crippen molar-refractivity contribution in [2.75, 3.05) is 39.4 Å². The molecule has 0 saturated carbocycles. The first-order valence-corrected chi connectivity index (χ1v) is 13.3. The highest BCUT2D eigenvalue weighted by atomic mass is 19.4. The molecule has 0 bridgehead atoms. The van der Waals surface area contributed by atoms with Crippen molar-refractivity contribution in [3.63, 3.8) is 0 Å². The fraction of sp³-hybridized carbons (Fsp3) is 0.577. The quantitative estimate of drug-likeness (QED) is 0.399. The van der Waals surface area contributed by atoms with E-state index in [2.05, 4.69) is 32.1 Å². The van der Waals surface area contributed by atoms with Crippen LogP contribution < -0.4 is 0 Å². The first-order valence-electron chi connectivity index (χ1n) is 13.3. The Labute approximate surface area is 261 Å². The van der Waals surface area contributed by atoms with Gasteiger partial charge in [-0.15, -0.1) is 0 Å². The Morgan fingerprint density at radius 3 is 1.70 bits per heavy atom. The number of hydrogen-bond donors (Lipinski definition) is 3. The highest BCUT2D eigenvalue weighted by Crippen LogP contribution is 2.35. The van der Waals surface area contributed by atoms with Crippen LogP contribution in [-0.4, -0.2) is 116 Å². The SMILES string of the molecule is Cn1cc(CN2CCC3(CC2)COCCN(Cc2cccnc2)C3)cn1.O=C(O)C(F)(F)F.O=C(O)C(F)(F)F.O=C(O)C(F)(F)F. The molecule has 2 saturated heterocycles. The number of ether oxygens (including phenoxy) is 1. The van der Waals surface area contributed by atoms with Gasteiger partial charge in [-0.25, -0.2) is 14.4 Å². The highest BCUT2D eigenvalue weighted by molar-refractivity contribution is 5.73. The molecular weight excluding hydrogens is 665 g/mol. The molecule has 0 aliphatic carbocycles. The summed E-state index contributed by atoms with van der Waals surface area (Å²) < 4.78 is 103. The summed E-state index contributed by atoms with van der Waals surface area (Å²) in [6.45, 7) is 8.12. The largest absolute Gasteiger partial charge is 0.490 e. The summed E-state index contributed by atoms with van der Waals surface area (Å²) in [5.74, 6) is -8.27. The van der Waals surface area contributed by atoms with E-state index in [-0.39, 0.29) is 0 Å². The van der Waals surface area contributed by atoms with Gasteiger partial charge in [0.05, 0.1) is 19.4 Å². The van der Waals surface area contributed by atoms with Crippen molar-refractivity contribution in [3.05, 3.63) is 48.0 Å². The Hall–Kier alpha value is -3.98. The van der Waals surface area contributed by atoms with Crippen molar-refractivity contribution < 1.29 is 74.0 Å². The molecule has 4 rings (SSSR count). The maximum atomic E-state index is 10.6. The third-order valence-electron chi connectivity index (χ3n) is 6.46. The highest BCUT2D eigenvalue weighted by Gasteiger charge is 2.40. The number of likely N-dealkylation sites (tertiary alicyclic amines) is 1. The van der Waals surface area contributed by atoms with Crippen LogP contribution in [0, 0.1) is 5.41 Å². The molecule has 12 nitrogen and oxygen atoms in total. The number of aryl methyl sites for hydroxylation is 1. The topological polar surface area (TPSA) is 158 Å². The lowest BCUT2D eigenvalue weighted by molar-refractivity contribution is -0.193. The molecule has 2 aliphatic rings. The van der Waals surface area contributed by atoms with Gasteiger partial charge in [0.1, 0.15) is 0 Å². The fourth-order valence-electron chi connectivity index (χ4n) is 4.27. The molecule has 47 heavy (non-hydrogen) atoms. The van der Waals surface area contributed by atoms with Crippen molar-refractivity contribution in [1.82, 2.24) is 24.6 Å². The molecule has 0 atom stereocenters. The second-order valence-electron chi connectivity index (χ2n) is 10.3. The van der Waals surface area contributed by atoms with E-state index < -0.39 is 36.4 Å². The second-order valence-corrected chi connectivity index (χ2v) is 10.3. The number of alkyl halides is 9. The summed E-state index contributed by atoms with van der Waals surface area (Å²) >= 11 is 0. The van der Waals surface area contributed by atoms with Gasteiger partial charge in [-0.05, 0) is 37.6 Å². The summed E-state index contributed by atoms with van der Waals surface area (Å²) in [5, 5.41) is 25.7. The summed E-state index contributed by atoms with van der Waals surface area (Å²) in [6.07, 6.45) is -4.92. The predicted molar refractivity (Wildman–Crippen MR) is 142 cm³/mol. The zero-order chi connectivity index (χ0) is 36.1. The van der Waals surface area contributed by atoms with Crippen LogP contribution in [-0.2, 0) is 39.3 Å². The number of hydrogen-bond acceptors (Lipinski definition) is 8. The number of carboxylic acid groups (broad SMARTS) is 3. The first kappa shape index (κ1) is 41.0. The van der Waals surface area contributed by atoms with Crippen LogP contribution in [0.2, 0.25) is 0 Å². The van der Waals surface area contributed by atoms with Crippen LogP contribution in [0.1, 0.15) is 24.0 Å². The average Bonchev–Trinajstić information content (AvgIpc) is 3.26. The molecule has 266 valence electrons. The van der Waals surface area contributed by atoms with E-state index in [1.807, 2.05) is 36.4 Å². The van der Waals surface area contributed by atoms with Crippen LogP contribution in [0.15, 0.2) is 36.9 Å². The number of carbonyl (C=O) groups is 3. The number of halogens is 9. The zero-order valence-electron chi connectivity index (χ0n) is 24.6. The lowest BCUT2D eigenvalue weighted by Gasteiger charge is -2.42. The molecule has 2 fully saturated rings. The van der Waals surface area contributed by atoms with E-state index in [1.165, 1.54) is 24.0 Å². The molecule has 0 unspecified atom stereocenters. The molecule has 2 aromatic heterocycles. The number of rotatable bonds is 4. The van der Waals surface area contributed by atoms with Crippen LogP contribution >= 0.6 is 0 Å². The molecule has 2 aliphatic heterocycles. The van der Waals surface area contributed by atoms with Gasteiger partial charge >= 0.3 is 36.4 Å². The van der Waals surface area contributed by atoms with E-state index >= 15 is 0 Å². The van der Waals surface area contributed by atoms with Crippen molar-refractivity contribution in [2.24, 2.45) is 12.5 Å².